The summed E-state index contributed by atoms with van der Waals surface area (Å²) in [5.74, 6) is 2.55. The predicted molar refractivity (Wildman–Crippen MR) is 142 cm³/mol. The molecule has 2 atom stereocenters. The van der Waals surface area contributed by atoms with E-state index in [1.807, 2.05) is 41.3 Å². The molecule has 0 saturated carbocycles. The average molecular weight is 500 g/mol. The van der Waals surface area contributed by atoms with Crippen LogP contribution in [0.15, 0.2) is 84.0 Å². The molecule has 4 aromatic rings. The van der Waals surface area contributed by atoms with Crippen LogP contribution in [-0.2, 0) is 13.0 Å². The number of ether oxygens (including phenoxy) is 1. The van der Waals surface area contributed by atoms with Gasteiger partial charge in [0.15, 0.2) is 11.8 Å². The SMILES string of the molecule is NC1=Nc2[nH]ncc2C(N)N1C1Cc2ccccc2N(Cc2cccc(Oc3ccc(Cl)cc3)c2)C1. The molecule has 0 amide bonds. The summed E-state index contributed by atoms with van der Waals surface area (Å²) in [7, 11) is 0. The van der Waals surface area contributed by atoms with Crippen LogP contribution < -0.4 is 21.1 Å². The molecule has 2 unspecified atom stereocenters. The summed E-state index contributed by atoms with van der Waals surface area (Å²) >= 11 is 6.00. The standard InChI is InChI=1S/C27H26ClN7O/c28-19-8-10-21(11-9-19)36-22-6-3-4-17(12-22)15-34-16-20(13-18-5-1-2-7-24(18)34)35-25(29)23-14-31-33-26(23)32-27(35)30/h1-12,14,20,25H,13,15-16,29H2,(H3,30,31,32,33). The number of anilines is 1. The lowest BCUT2D eigenvalue weighted by atomic mass is 9.95. The third-order valence-electron chi connectivity index (χ3n) is 6.69. The fraction of sp³-hybridized carbons (Fsp3) is 0.185. The summed E-state index contributed by atoms with van der Waals surface area (Å²) in [6, 6.07) is 24.0. The lowest BCUT2D eigenvalue weighted by Crippen LogP contribution is -2.56. The molecule has 0 fully saturated rings. The van der Waals surface area contributed by atoms with Crippen molar-refractivity contribution in [1.29, 1.82) is 0 Å². The topological polar surface area (TPSA) is 109 Å². The Bertz CT molecular complexity index is 1420. The van der Waals surface area contributed by atoms with Gasteiger partial charge < -0.3 is 26.0 Å². The van der Waals surface area contributed by atoms with Gasteiger partial charge in [-0.05, 0) is 60.0 Å². The maximum atomic E-state index is 6.64. The molecule has 2 aliphatic rings. The second kappa shape index (κ2) is 9.22. The van der Waals surface area contributed by atoms with Crippen LogP contribution >= 0.6 is 11.6 Å². The van der Waals surface area contributed by atoms with Gasteiger partial charge in [-0.2, -0.15) is 10.1 Å². The number of nitrogens with one attached hydrogen (secondary N) is 1. The predicted octanol–water partition coefficient (Wildman–Crippen LogP) is 4.71. The number of nitrogens with zero attached hydrogens (tertiary/aromatic N) is 4. The Morgan fingerprint density at radius 1 is 1.03 bits per heavy atom. The number of H-pyrrole nitrogens is 1. The highest BCUT2D eigenvalue weighted by atomic mass is 35.5. The number of aromatic amines is 1. The summed E-state index contributed by atoms with van der Waals surface area (Å²) < 4.78 is 6.06. The maximum Gasteiger partial charge on any atom is 0.199 e. The van der Waals surface area contributed by atoms with Crippen LogP contribution in [0.1, 0.15) is 22.9 Å². The maximum absolute atomic E-state index is 6.64. The van der Waals surface area contributed by atoms with Gasteiger partial charge >= 0.3 is 0 Å². The van der Waals surface area contributed by atoms with Crippen LogP contribution in [0.5, 0.6) is 11.5 Å². The normalized spacial score (nSPS) is 18.9. The molecule has 0 radical (unpaired) electrons. The molecule has 3 heterocycles. The molecule has 36 heavy (non-hydrogen) atoms. The number of benzene rings is 3. The molecule has 9 heteroatoms. The van der Waals surface area contributed by atoms with Crippen molar-refractivity contribution in [2.75, 3.05) is 11.4 Å². The molecule has 0 spiro atoms. The van der Waals surface area contributed by atoms with Gasteiger partial charge in [0.05, 0.1) is 17.8 Å². The molecule has 6 rings (SSSR count). The molecule has 182 valence electrons. The quantitative estimate of drug-likeness (QED) is 0.367. The Kier molecular flexibility index (Phi) is 5.75. The first kappa shape index (κ1) is 22.5. The van der Waals surface area contributed by atoms with Crippen LogP contribution in [0.25, 0.3) is 0 Å². The van der Waals surface area contributed by atoms with Crippen LogP contribution in [0.3, 0.4) is 0 Å². The third kappa shape index (κ3) is 4.25. The monoisotopic (exact) mass is 499 g/mol. The summed E-state index contributed by atoms with van der Waals surface area (Å²) in [4.78, 5) is 8.90. The molecule has 3 aromatic carbocycles. The smallest absolute Gasteiger partial charge is 0.199 e. The largest absolute Gasteiger partial charge is 0.457 e. The van der Waals surface area contributed by atoms with Crippen molar-refractivity contribution in [2.45, 2.75) is 25.2 Å². The summed E-state index contributed by atoms with van der Waals surface area (Å²) in [5.41, 5.74) is 17.5. The number of guanidine groups is 1. The zero-order valence-corrected chi connectivity index (χ0v) is 20.3. The van der Waals surface area contributed by atoms with E-state index in [1.165, 1.54) is 11.3 Å². The van der Waals surface area contributed by atoms with E-state index in [9.17, 15) is 0 Å². The first-order valence-electron chi connectivity index (χ1n) is 11.8. The zero-order valence-electron chi connectivity index (χ0n) is 19.5. The van der Waals surface area contributed by atoms with E-state index in [0.29, 0.717) is 23.3 Å². The van der Waals surface area contributed by atoms with Gasteiger partial charge in [-0.3, -0.25) is 5.10 Å². The molecule has 0 bridgehead atoms. The number of fused-ring (bicyclic) bond motifs is 2. The van der Waals surface area contributed by atoms with Crippen molar-refractivity contribution in [3.63, 3.8) is 0 Å². The summed E-state index contributed by atoms with van der Waals surface area (Å²) in [5, 5.41) is 7.64. The van der Waals surface area contributed by atoms with Crippen LogP contribution in [-0.4, -0.2) is 33.6 Å². The van der Waals surface area contributed by atoms with Crippen molar-refractivity contribution in [3.05, 3.63) is 101 Å². The highest BCUT2D eigenvalue weighted by molar-refractivity contribution is 6.30. The molecular formula is C27H26ClN7O. The summed E-state index contributed by atoms with van der Waals surface area (Å²) in [6.07, 6.45) is 2.14. The number of halogens is 1. The van der Waals surface area contributed by atoms with Crippen LogP contribution in [0.4, 0.5) is 11.5 Å². The van der Waals surface area contributed by atoms with Gasteiger partial charge in [0, 0.05) is 23.8 Å². The van der Waals surface area contributed by atoms with Crippen molar-refractivity contribution < 1.29 is 4.74 Å². The van der Waals surface area contributed by atoms with Gasteiger partial charge in [0.2, 0.25) is 0 Å². The molecular weight excluding hydrogens is 474 g/mol. The minimum Gasteiger partial charge on any atom is -0.457 e. The molecule has 8 nitrogen and oxygen atoms in total. The molecule has 0 aliphatic carbocycles. The second-order valence-electron chi connectivity index (χ2n) is 9.07. The summed E-state index contributed by atoms with van der Waals surface area (Å²) in [6.45, 7) is 1.46. The van der Waals surface area contributed by atoms with E-state index in [-0.39, 0.29) is 6.04 Å². The lowest BCUT2D eigenvalue weighted by Gasteiger charge is -2.44. The number of nitrogens with two attached hydrogens (primary N) is 2. The number of hydrogen-bond acceptors (Lipinski definition) is 7. The molecule has 2 aliphatic heterocycles. The fourth-order valence-electron chi connectivity index (χ4n) is 5.04. The van der Waals surface area contributed by atoms with Crippen molar-refractivity contribution in [3.8, 4) is 11.5 Å². The van der Waals surface area contributed by atoms with Crippen LogP contribution in [0, 0.1) is 0 Å². The molecule has 5 N–H and O–H groups in total. The first-order valence-corrected chi connectivity index (χ1v) is 12.2. The van der Waals surface area contributed by atoms with E-state index < -0.39 is 6.17 Å². The van der Waals surface area contributed by atoms with E-state index >= 15 is 0 Å². The van der Waals surface area contributed by atoms with Gasteiger partial charge in [0.25, 0.3) is 0 Å². The van der Waals surface area contributed by atoms with Crippen molar-refractivity contribution in [2.24, 2.45) is 16.5 Å². The van der Waals surface area contributed by atoms with E-state index in [0.717, 1.165) is 35.6 Å². The van der Waals surface area contributed by atoms with E-state index in [1.54, 1.807) is 6.20 Å². The molecule has 0 saturated heterocycles. The highest BCUT2D eigenvalue weighted by Gasteiger charge is 2.36. The number of rotatable bonds is 5. The Labute approximate surface area is 214 Å². The fourth-order valence-corrected chi connectivity index (χ4v) is 5.17. The van der Waals surface area contributed by atoms with Crippen molar-refractivity contribution in [1.82, 2.24) is 15.1 Å². The zero-order chi connectivity index (χ0) is 24.6. The Morgan fingerprint density at radius 3 is 2.72 bits per heavy atom. The van der Waals surface area contributed by atoms with Gasteiger partial charge in [-0.1, -0.05) is 41.9 Å². The number of aliphatic imine (C=N–C) groups is 1. The van der Waals surface area contributed by atoms with Crippen molar-refractivity contribution >= 4 is 29.1 Å². The Balaban J connectivity index is 1.26. The minimum absolute atomic E-state index is 0.0511. The minimum atomic E-state index is -0.413. The van der Waals surface area contributed by atoms with Crippen LogP contribution in [0.2, 0.25) is 5.02 Å². The Hall–Kier alpha value is -4.01. The second-order valence-corrected chi connectivity index (χ2v) is 9.50. The highest BCUT2D eigenvalue weighted by Crippen LogP contribution is 2.36. The average Bonchev–Trinajstić information content (AvgIpc) is 3.35. The Morgan fingerprint density at radius 2 is 1.86 bits per heavy atom. The first-order chi connectivity index (χ1) is 17.5. The number of hydrogen-bond donors (Lipinski definition) is 3. The number of para-hydroxylation sites is 1. The third-order valence-corrected chi connectivity index (χ3v) is 6.94. The van der Waals surface area contributed by atoms with E-state index in [4.69, 9.17) is 27.8 Å². The van der Waals surface area contributed by atoms with Gasteiger partial charge in [-0.25, -0.2) is 0 Å². The number of aromatic nitrogens is 2. The molecule has 1 aromatic heterocycles. The lowest BCUT2D eigenvalue weighted by molar-refractivity contribution is 0.229. The van der Waals surface area contributed by atoms with E-state index in [2.05, 4.69) is 56.5 Å². The van der Waals surface area contributed by atoms with Gasteiger partial charge in [0.1, 0.15) is 17.7 Å². The van der Waals surface area contributed by atoms with Gasteiger partial charge in [-0.15, -0.1) is 0 Å².